The Hall–Kier alpha value is -2.74. The normalized spacial score (nSPS) is 24.2. The molecule has 3 aliphatic rings. The summed E-state index contributed by atoms with van der Waals surface area (Å²) in [4.78, 5) is 46.0. The molecule has 32 heavy (non-hydrogen) atoms. The van der Waals surface area contributed by atoms with Crippen molar-refractivity contribution in [2.45, 2.75) is 57.2 Å². The van der Waals surface area contributed by atoms with Crippen LogP contribution in [0.1, 0.15) is 43.4 Å². The Morgan fingerprint density at radius 1 is 1.06 bits per heavy atom. The van der Waals surface area contributed by atoms with E-state index in [1.54, 1.807) is 27.2 Å². The molecule has 0 bridgehead atoms. The molecule has 5 rings (SSSR count). The summed E-state index contributed by atoms with van der Waals surface area (Å²) in [6.45, 7) is 0.823. The fraction of sp³-hybridized carbons (Fsp3) is 0.458. The van der Waals surface area contributed by atoms with Gasteiger partial charge in [-0.15, -0.1) is 11.3 Å². The first-order valence-corrected chi connectivity index (χ1v) is 12.2. The Morgan fingerprint density at radius 2 is 1.88 bits per heavy atom. The minimum Gasteiger partial charge on any atom is -0.328 e. The van der Waals surface area contributed by atoms with Gasteiger partial charge in [0.1, 0.15) is 11.9 Å². The van der Waals surface area contributed by atoms with E-state index < -0.39 is 23.8 Å². The largest absolute Gasteiger partial charge is 0.332 e. The molecule has 0 N–H and O–H groups in total. The fourth-order valence-electron chi connectivity index (χ4n) is 5.34. The van der Waals surface area contributed by atoms with Crippen molar-refractivity contribution in [3.05, 3.63) is 52.5 Å². The summed E-state index contributed by atoms with van der Waals surface area (Å²) in [5, 5.41) is 1.95. The lowest BCUT2D eigenvalue weighted by Crippen LogP contribution is -2.66. The van der Waals surface area contributed by atoms with E-state index in [-0.39, 0.29) is 23.6 Å². The number of amides is 4. The number of hydrogen-bond acceptors (Lipinski definition) is 4. The lowest BCUT2D eigenvalue weighted by Gasteiger charge is -2.44. The summed E-state index contributed by atoms with van der Waals surface area (Å²) in [5.74, 6) is -0.984. The third-order valence-electron chi connectivity index (χ3n) is 6.89. The van der Waals surface area contributed by atoms with Crippen LogP contribution in [0.25, 0.3) is 0 Å². The summed E-state index contributed by atoms with van der Waals surface area (Å²) in [6, 6.07) is 7.85. The van der Waals surface area contributed by atoms with Gasteiger partial charge in [0.05, 0.1) is 18.3 Å². The van der Waals surface area contributed by atoms with E-state index in [9.17, 15) is 18.8 Å². The van der Waals surface area contributed by atoms with E-state index in [0.29, 0.717) is 19.5 Å². The highest BCUT2D eigenvalue weighted by atomic mass is 32.1. The number of hydrogen-bond donors (Lipinski definition) is 0. The first-order valence-electron chi connectivity index (χ1n) is 11.3. The van der Waals surface area contributed by atoms with Crippen LogP contribution in [-0.4, -0.2) is 46.3 Å². The second kappa shape index (κ2) is 8.65. The number of fused-ring (bicyclic) bond motifs is 1. The van der Waals surface area contributed by atoms with Crippen molar-refractivity contribution in [1.82, 2.24) is 9.80 Å². The summed E-state index contributed by atoms with van der Waals surface area (Å²) < 4.78 is 14.0. The van der Waals surface area contributed by atoms with Crippen LogP contribution in [0.4, 0.5) is 14.9 Å². The van der Waals surface area contributed by atoms with Crippen molar-refractivity contribution in [1.29, 1.82) is 0 Å². The number of carbonyl (C=O) groups is 3. The van der Waals surface area contributed by atoms with E-state index in [1.807, 2.05) is 17.5 Å². The number of benzene rings is 1. The number of rotatable bonds is 4. The monoisotopic (exact) mass is 455 g/mol. The van der Waals surface area contributed by atoms with Crippen LogP contribution in [0.5, 0.6) is 0 Å². The van der Waals surface area contributed by atoms with Gasteiger partial charge in [0.25, 0.3) is 5.91 Å². The zero-order chi connectivity index (χ0) is 22.2. The maximum Gasteiger partial charge on any atom is 0.332 e. The lowest BCUT2D eigenvalue weighted by atomic mass is 9.88. The molecule has 1 aliphatic carbocycles. The van der Waals surface area contributed by atoms with Gasteiger partial charge in [-0.25, -0.2) is 14.1 Å². The minimum absolute atomic E-state index is 0.0233. The smallest absolute Gasteiger partial charge is 0.328 e. The Morgan fingerprint density at radius 3 is 2.59 bits per heavy atom. The van der Waals surface area contributed by atoms with Crippen LogP contribution in [-0.2, 0) is 16.1 Å². The molecule has 2 atom stereocenters. The molecule has 1 saturated carbocycles. The molecule has 2 aromatic rings. The Labute approximate surface area is 190 Å². The van der Waals surface area contributed by atoms with Crippen LogP contribution in [0.3, 0.4) is 0 Å². The summed E-state index contributed by atoms with van der Waals surface area (Å²) in [6.07, 6.45) is 5.49. The van der Waals surface area contributed by atoms with Gasteiger partial charge in [0.2, 0.25) is 5.91 Å². The molecule has 8 heteroatoms. The van der Waals surface area contributed by atoms with Crippen LogP contribution in [0.2, 0.25) is 0 Å². The van der Waals surface area contributed by atoms with Gasteiger partial charge < -0.3 is 9.80 Å². The maximum absolute atomic E-state index is 14.0. The van der Waals surface area contributed by atoms with Crippen LogP contribution in [0, 0.1) is 11.7 Å². The Balaban J connectivity index is 1.50. The number of likely N-dealkylation sites (tertiary alicyclic amines) is 1. The van der Waals surface area contributed by atoms with Crippen molar-refractivity contribution in [2.75, 3.05) is 11.4 Å². The van der Waals surface area contributed by atoms with Crippen LogP contribution < -0.4 is 4.90 Å². The molecule has 0 unspecified atom stereocenters. The number of thiophene rings is 1. The zero-order valence-electron chi connectivity index (χ0n) is 17.8. The van der Waals surface area contributed by atoms with Gasteiger partial charge in [-0.05, 0) is 48.9 Å². The van der Waals surface area contributed by atoms with E-state index in [4.69, 9.17) is 0 Å². The molecule has 2 aliphatic heterocycles. The lowest BCUT2D eigenvalue weighted by molar-refractivity contribution is -0.143. The SMILES string of the molecule is O=C1[C@@H]2[C@@H](CCN2C(=O)C2CCCCC2)N(Cc2cccs2)C(=O)N1c1cccc(F)c1. The number of halogens is 1. The highest BCUT2D eigenvalue weighted by molar-refractivity contribution is 7.09. The highest BCUT2D eigenvalue weighted by Gasteiger charge is 2.54. The zero-order valence-corrected chi connectivity index (χ0v) is 18.6. The molecule has 3 heterocycles. The molecule has 3 fully saturated rings. The maximum atomic E-state index is 14.0. The van der Waals surface area contributed by atoms with Gasteiger partial charge in [0.15, 0.2) is 0 Å². The number of anilines is 1. The topological polar surface area (TPSA) is 60.9 Å². The van der Waals surface area contributed by atoms with Gasteiger partial charge in [-0.2, -0.15) is 0 Å². The molecular formula is C24H26FN3O3S. The van der Waals surface area contributed by atoms with Crippen molar-refractivity contribution in [2.24, 2.45) is 5.92 Å². The van der Waals surface area contributed by atoms with Gasteiger partial charge >= 0.3 is 6.03 Å². The average molecular weight is 456 g/mol. The molecule has 1 aromatic carbocycles. The summed E-state index contributed by atoms with van der Waals surface area (Å²) >= 11 is 1.54. The first-order chi connectivity index (χ1) is 15.5. The van der Waals surface area contributed by atoms with Crippen LogP contribution >= 0.6 is 11.3 Å². The molecule has 0 radical (unpaired) electrons. The molecule has 2 saturated heterocycles. The molecule has 1 aromatic heterocycles. The van der Waals surface area contributed by atoms with Crippen molar-refractivity contribution in [3.8, 4) is 0 Å². The minimum atomic E-state index is -0.731. The third kappa shape index (κ3) is 3.70. The van der Waals surface area contributed by atoms with E-state index >= 15 is 0 Å². The second-order valence-corrected chi connectivity index (χ2v) is 9.84. The number of nitrogens with zero attached hydrogens (tertiary/aromatic N) is 3. The standard InChI is InChI=1S/C24H26FN3O3S/c25-17-8-4-9-18(14-17)28-23(30)21-20(27(24(28)31)15-19-10-5-13-32-19)11-12-26(21)22(29)16-6-2-1-3-7-16/h4-5,8-10,13-14,16,20-21H,1-3,6-7,11-12,15H2/t20-,21+/m1/s1. The molecule has 6 nitrogen and oxygen atoms in total. The number of imide groups is 1. The van der Waals surface area contributed by atoms with Gasteiger partial charge in [-0.3, -0.25) is 9.59 Å². The fourth-order valence-corrected chi connectivity index (χ4v) is 6.04. The van der Waals surface area contributed by atoms with Crippen molar-refractivity contribution < 1.29 is 18.8 Å². The van der Waals surface area contributed by atoms with Crippen LogP contribution in [0.15, 0.2) is 41.8 Å². The average Bonchev–Trinajstić information content (AvgIpc) is 3.47. The Bertz CT molecular complexity index is 1020. The van der Waals surface area contributed by atoms with Gasteiger partial charge in [0, 0.05) is 17.3 Å². The third-order valence-corrected chi connectivity index (χ3v) is 7.75. The summed E-state index contributed by atoms with van der Waals surface area (Å²) in [5.41, 5.74) is 0.201. The predicted octanol–water partition coefficient (Wildman–Crippen LogP) is 4.41. The van der Waals surface area contributed by atoms with Gasteiger partial charge in [-0.1, -0.05) is 31.4 Å². The van der Waals surface area contributed by atoms with E-state index in [2.05, 4.69) is 0 Å². The Kier molecular flexibility index (Phi) is 5.71. The molecule has 168 valence electrons. The number of urea groups is 1. The quantitative estimate of drug-likeness (QED) is 0.686. The van der Waals surface area contributed by atoms with E-state index in [1.165, 1.54) is 18.2 Å². The second-order valence-electron chi connectivity index (χ2n) is 8.81. The molecular weight excluding hydrogens is 429 g/mol. The molecule has 4 amide bonds. The highest BCUT2D eigenvalue weighted by Crippen LogP contribution is 2.36. The van der Waals surface area contributed by atoms with Crippen molar-refractivity contribution in [3.63, 3.8) is 0 Å². The predicted molar refractivity (Wildman–Crippen MR) is 120 cm³/mol. The summed E-state index contributed by atoms with van der Waals surface area (Å²) in [7, 11) is 0. The molecule has 0 spiro atoms. The number of carbonyl (C=O) groups excluding carboxylic acids is 3. The van der Waals surface area contributed by atoms with Crippen molar-refractivity contribution >= 4 is 34.9 Å². The van der Waals surface area contributed by atoms with E-state index in [0.717, 1.165) is 41.9 Å². The first kappa shape index (κ1) is 21.1.